The van der Waals surface area contributed by atoms with E-state index in [4.69, 9.17) is 18.9 Å². The van der Waals surface area contributed by atoms with Crippen LogP contribution in [-0.4, -0.2) is 39.9 Å². The van der Waals surface area contributed by atoms with E-state index in [1.807, 2.05) is 0 Å². The van der Waals surface area contributed by atoms with Crippen molar-refractivity contribution in [2.24, 2.45) is 0 Å². The topological polar surface area (TPSA) is 40.2 Å². The summed E-state index contributed by atoms with van der Waals surface area (Å²) in [5.41, 5.74) is 5.34. The summed E-state index contributed by atoms with van der Waals surface area (Å²) in [6, 6.07) is 9.22. The molecule has 2 aliphatic rings. The van der Waals surface area contributed by atoms with Crippen molar-refractivity contribution >= 4 is 0 Å². The first-order valence-corrected chi connectivity index (χ1v) is 9.36. The zero-order valence-electron chi connectivity index (χ0n) is 16.7. The summed E-state index contributed by atoms with van der Waals surface area (Å²) in [4.78, 5) is 2.59. The minimum Gasteiger partial charge on any atom is -0.493 e. The van der Waals surface area contributed by atoms with Crippen molar-refractivity contribution in [2.75, 3.05) is 35.0 Å². The molecule has 0 radical (unpaired) electrons. The first-order valence-electron chi connectivity index (χ1n) is 9.36. The lowest BCUT2D eigenvalue weighted by Crippen LogP contribution is -2.41. The minimum absolute atomic E-state index is 0.319. The molecule has 4 rings (SSSR count). The quantitative estimate of drug-likeness (QED) is 0.816. The Hall–Kier alpha value is -2.40. The maximum atomic E-state index is 5.57. The summed E-state index contributed by atoms with van der Waals surface area (Å²) in [6.45, 7) is 3.31. The van der Waals surface area contributed by atoms with Gasteiger partial charge in [0.25, 0.3) is 0 Å². The second kappa shape index (κ2) is 6.97. The third kappa shape index (κ3) is 2.81. The van der Waals surface area contributed by atoms with Gasteiger partial charge in [-0.15, -0.1) is 0 Å². The van der Waals surface area contributed by atoms with E-state index in [9.17, 15) is 0 Å². The van der Waals surface area contributed by atoms with Gasteiger partial charge in [0.1, 0.15) is 0 Å². The Morgan fingerprint density at radius 1 is 0.741 bits per heavy atom. The molecule has 0 saturated heterocycles. The maximum Gasteiger partial charge on any atom is 0.161 e. The predicted molar refractivity (Wildman–Crippen MR) is 104 cm³/mol. The molecule has 0 N–H and O–H groups in total. The van der Waals surface area contributed by atoms with Gasteiger partial charge in [-0.1, -0.05) is 0 Å². The summed E-state index contributed by atoms with van der Waals surface area (Å²) in [5.74, 6) is 3.19. The van der Waals surface area contributed by atoms with Crippen molar-refractivity contribution in [1.29, 1.82) is 0 Å². The highest BCUT2D eigenvalue weighted by Crippen LogP contribution is 2.48. The molecule has 0 spiro atoms. The first-order chi connectivity index (χ1) is 13.1. The summed E-state index contributed by atoms with van der Waals surface area (Å²) < 4.78 is 22.1. The summed E-state index contributed by atoms with van der Waals surface area (Å²) >= 11 is 0. The molecule has 1 unspecified atom stereocenters. The number of rotatable bonds is 4. The number of methoxy groups -OCH3 is 4. The van der Waals surface area contributed by atoms with Gasteiger partial charge in [-0.05, 0) is 66.3 Å². The van der Waals surface area contributed by atoms with Crippen LogP contribution in [0.15, 0.2) is 24.3 Å². The lowest BCUT2D eigenvalue weighted by atomic mass is 9.81. The summed E-state index contributed by atoms with van der Waals surface area (Å²) in [5, 5.41) is 0. The van der Waals surface area contributed by atoms with Gasteiger partial charge in [0.05, 0.1) is 28.4 Å². The van der Waals surface area contributed by atoms with E-state index in [1.165, 1.54) is 22.3 Å². The number of hydrogen-bond acceptors (Lipinski definition) is 5. The van der Waals surface area contributed by atoms with Gasteiger partial charge in [0.2, 0.25) is 0 Å². The number of nitrogens with zero attached hydrogens (tertiary/aromatic N) is 1. The van der Waals surface area contributed by atoms with E-state index in [2.05, 4.69) is 36.1 Å². The zero-order chi connectivity index (χ0) is 19.1. The molecule has 0 fully saturated rings. The minimum atomic E-state index is 0.319. The third-order valence-electron chi connectivity index (χ3n) is 6.05. The fourth-order valence-corrected chi connectivity index (χ4v) is 4.63. The van der Waals surface area contributed by atoms with E-state index < -0.39 is 0 Å². The Morgan fingerprint density at radius 3 is 1.85 bits per heavy atom. The second-order valence-electron chi connectivity index (χ2n) is 7.20. The Bertz CT molecular complexity index is 864. The Kier molecular flexibility index (Phi) is 4.64. The van der Waals surface area contributed by atoms with Gasteiger partial charge >= 0.3 is 0 Å². The van der Waals surface area contributed by atoms with E-state index >= 15 is 0 Å². The van der Waals surface area contributed by atoms with E-state index in [0.29, 0.717) is 12.1 Å². The first kappa shape index (κ1) is 18.0. The van der Waals surface area contributed by atoms with Crippen molar-refractivity contribution in [3.8, 4) is 23.0 Å². The Balaban J connectivity index is 1.80. The lowest BCUT2D eigenvalue weighted by molar-refractivity contribution is 0.117. The van der Waals surface area contributed by atoms with Gasteiger partial charge in [-0.25, -0.2) is 0 Å². The molecule has 2 aromatic rings. The lowest BCUT2D eigenvalue weighted by Gasteiger charge is -2.45. The number of benzene rings is 2. The SMILES string of the molecule is COc1cc2c(cc1OC)C1Cc3cc(OC)c(OC)cc3[C@@H](C)N1CC2. The standard InChI is InChI=1S/C22H27NO4/c1-13-16-11-21(26-4)20(25-3)10-15(16)8-18-17-12-22(27-5)19(24-2)9-14(17)6-7-23(13)18/h9-13,18H,6-8H2,1-5H3/t13-,18?/m1/s1. The molecule has 27 heavy (non-hydrogen) atoms. The molecule has 2 aliphatic heterocycles. The van der Waals surface area contributed by atoms with Crippen molar-refractivity contribution in [1.82, 2.24) is 4.90 Å². The molecule has 2 heterocycles. The van der Waals surface area contributed by atoms with Crippen LogP contribution in [0, 0.1) is 0 Å². The van der Waals surface area contributed by atoms with Gasteiger partial charge in [-0.3, -0.25) is 4.90 Å². The second-order valence-corrected chi connectivity index (χ2v) is 7.20. The maximum absolute atomic E-state index is 5.57. The van der Waals surface area contributed by atoms with Crippen LogP contribution in [-0.2, 0) is 12.8 Å². The van der Waals surface area contributed by atoms with Crippen LogP contribution in [0.2, 0.25) is 0 Å². The average molecular weight is 369 g/mol. The largest absolute Gasteiger partial charge is 0.493 e. The van der Waals surface area contributed by atoms with Crippen molar-refractivity contribution in [3.63, 3.8) is 0 Å². The van der Waals surface area contributed by atoms with Gasteiger partial charge in [-0.2, -0.15) is 0 Å². The van der Waals surface area contributed by atoms with Gasteiger partial charge < -0.3 is 18.9 Å². The smallest absolute Gasteiger partial charge is 0.161 e. The van der Waals surface area contributed by atoms with E-state index in [-0.39, 0.29) is 0 Å². The normalized spacial score (nSPS) is 20.9. The van der Waals surface area contributed by atoms with Crippen molar-refractivity contribution < 1.29 is 18.9 Å². The Morgan fingerprint density at radius 2 is 1.26 bits per heavy atom. The highest BCUT2D eigenvalue weighted by molar-refractivity contribution is 5.53. The molecular formula is C22H27NO4. The molecule has 0 bridgehead atoms. The van der Waals surface area contributed by atoms with Crippen LogP contribution in [0.4, 0.5) is 0 Å². The molecule has 2 atom stereocenters. The fraction of sp³-hybridized carbons (Fsp3) is 0.455. The third-order valence-corrected chi connectivity index (χ3v) is 6.05. The van der Waals surface area contributed by atoms with Crippen LogP contribution in [0.1, 0.15) is 41.3 Å². The summed E-state index contributed by atoms with van der Waals surface area (Å²) in [7, 11) is 6.77. The molecule has 5 heteroatoms. The van der Waals surface area contributed by atoms with Gasteiger partial charge in [0, 0.05) is 18.6 Å². The molecule has 144 valence electrons. The molecule has 0 saturated carbocycles. The van der Waals surface area contributed by atoms with Crippen LogP contribution >= 0.6 is 0 Å². The highest BCUT2D eigenvalue weighted by atomic mass is 16.5. The molecule has 5 nitrogen and oxygen atoms in total. The van der Waals surface area contributed by atoms with Gasteiger partial charge in [0.15, 0.2) is 23.0 Å². The van der Waals surface area contributed by atoms with Crippen LogP contribution in [0.5, 0.6) is 23.0 Å². The van der Waals surface area contributed by atoms with Crippen LogP contribution < -0.4 is 18.9 Å². The predicted octanol–water partition coefficient (Wildman–Crippen LogP) is 3.94. The summed E-state index contributed by atoms with van der Waals surface area (Å²) in [6.07, 6.45) is 1.96. The number of hydrogen-bond donors (Lipinski definition) is 0. The van der Waals surface area contributed by atoms with Crippen LogP contribution in [0.25, 0.3) is 0 Å². The zero-order valence-corrected chi connectivity index (χ0v) is 16.7. The van der Waals surface area contributed by atoms with E-state index in [1.54, 1.807) is 28.4 Å². The molecule has 2 aromatic carbocycles. The number of fused-ring (bicyclic) bond motifs is 4. The number of ether oxygens (including phenoxy) is 4. The fourth-order valence-electron chi connectivity index (χ4n) is 4.63. The molecular weight excluding hydrogens is 342 g/mol. The monoisotopic (exact) mass is 369 g/mol. The van der Waals surface area contributed by atoms with Crippen molar-refractivity contribution in [3.05, 3.63) is 46.5 Å². The average Bonchev–Trinajstić information content (AvgIpc) is 2.71. The van der Waals surface area contributed by atoms with E-state index in [0.717, 1.165) is 42.4 Å². The molecule has 0 amide bonds. The highest BCUT2D eigenvalue weighted by Gasteiger charge is 2.37. The molecule has 0 aromatic heterocycles. The van der Waals surface area contributed by atoms with Crippen LogP contribution in [0.3, 0.4) is 0 Å². The van der Waals surface area contributed by atoms with Crippen molar-refractivity contribution in [2.45, 2.75) is 31.8 Å². The molecule has 0 aliphatic carbocycles. The Labute approximate surface area is 160 Å².